The van der Waals surface area contributed by atoms with Crippen molar-refractivity contribution in [2.45, 2.75) is 24.8 Å². The summed E-state index contributed by atoms with van der Waals surface area (Å²) >= 11 is 4.13. The zero-order valence-corrected chi connectivity index (χ0v) is 10.6. The molecule has 1 aromatic heterocycles. The molecule has 1 saturated heterocycles. The van der Waals surface area contributed by atoms with E-state index in [4.69, 9.17) is 0 Å². The molecule has 1 atom stereocenters. The van der Waals surface area contributed by atoms with Crippen LogP contribution in [0.25, 0.3) is 0 Å². The highest BCUT2D eigenvalue weighted by Crippen LogP contribution is 2.25. The Morgan fingerprint density at radius 2 is 2.40 bits per heavy atom. The maximum absolute atomic E-state index is 4.34. The van der Waals surface area contributed by atoms with E-state index in [1.165, 1.54) is 35.9 Å². The van der Waals surface area contributed by atoms with E-state index in [9.17, 15) is 0 Å². The molecule has 0 aliphatic carbocycles. The fraction of sp³-hybridized carbons (Fsp3) is 0.545. The molecule has 2 nitrogen and oxygen atoms in total. The molecule has 1 aliphatic rings. The Bertz CT molecular complexity index is 313. The largest absolute Gasteiger partial charge is 0.370 e. The summed E-state index contributed by atoms with van der Waals surface area (Å²) in [4.78, 5) is 6.77. The van der Waals surface area contributed by atoms with Gasteiger partial charge in [-0.05, 0) is 41.7 Å². The molecule has 0 radical (unpaired) electrons. The van der Waals surface area contributed by atoms with E-state index >= 15 is 0 Å². The van der Waals surface area contributed by atoms with Gasteiger partial charge in [-0.2, -0.15) is 0 Å². The normalized spacial score (nSPS) is 21.7. The van der Waals surface area contributed by atoms with Gasteiger partial charge in [0.25, 0.3) is 0 Å². The van der Waals surface area contributed by atoms with Crippen LogP contribution in [0.4, 0.5) is 5.69 Å². The van der Waals surface area contributed by atoms with Crippen molar-refractivity contribution in [2.75, 3.05) is 18.0 Å². The van der Waals surface area contributed by atoms with Crippen LogP contribution in [0.5, 0.6) is 0 Å². The molecule has 0 amide bonds. The zero-order chi connectivity index (χ0) is 10.7. The number of hydrogen-bond acceptors (Lipinski definition) is 4. The first-order valence-electron chi connectivity index (χ1n) is 5.32. The Balaban J connectivity index is 2.07. The van der Waals surface area contributed by atoms with E-state index in [1.807, 2.05) is 12.3 Å². The average Bonchev–Trinajstić information content (AvgIpc) is 2.29. The van der Waals surface area contributed by atoms with Gasteiger partial charge in [0.15, 0.2) is 0 Å². The van der Waals surface area contributed by atoms with Crippen LogP contribution in [0, 0.1) is 5.92 Å². The van der Waals surface area contributed by atoms with Gasteiger partial charge in [0.1, 0.15) is 5.03 Å². The van der Waals surface area contributed by atoms with Crippen molar-refractivity contribution in [3.8, 4) is 0 Å². The topological polar surface area (TPSA) is 16.1 Å². The van der Waals surface area contributed by atoms with Gasteiger partial charge in [-0.25, -0.2) is 4.98 Å². The van der Waals surface area contributed by atoms with E-state index < -0.39 is 0 Å². The van der Waals surface area contributed by atoms with Gasteiger partial charge in [-0.1, -0.05) is 6.92 Å². The molecule has 2 rings (SSSR count). The molecule has 15 heavy (non-hydrogen) atoms. The van der Waals surface area contributed by atoms with Crippen molar-refractivity contribution >= 4 is 28.1 Å². The number of pyridine rings is 1. The van der Waals surface area contributed by atoms with Crippen LogP contribution in [0.15, 0.2) is 23.4 Å². The van der Waals surface area contributed by atoms with E-state index in [1.54, 1.807) is 0 Å². The monoisotopic (exact) mass is 240 g/mol. The fourth-order valence-corrected chi connectivity index (χ4v) is 2.59. The molecular weight excluding hydrogens is 224 g/mol. The van der Waals surface area contributed by atoms with E-state index in [0.717, 1.165) is 17.5 Å². The van der Waals surface area contributed by atoms with Crippen LogP contribution in [-0.2, 0) is 0 Å². The summed E-state index contributed by atoms with van der Waals surface area (Å²) in [5, 5.41) is 0.965. The SMILES string of the molecule is CC1CCCN(c2ccc(SS)nc2)C1. The Hall–Kier alpha value is -0.350. The van der Waals surface area contributed by atoms with Crippen molar-refractivity contribution in [3.63, 3.8) is 0 Å². The van der Waals surface area contributed by atoms with Gasteiger partial charge >= 0.3 is 0 Å². The lowest BCUT2D eigenvalue weighted by Crippen LogP contribution is -2.34. The second kappa shape index (κ2) is 5.12. The number of thiol groups is 1. The summed E-state index contributed by atoms with van der Waals surface area (Å²) in [6.45, 7) is 4.64. The predicted molar refractivity (Wildman–Crippen MR) is 69.7 cm³/mol. The van der Waals surface area contributed by atoms with Gasteiger partial charge in [0.05, 0.1) is 11.9 Å². The summed E-state index contributed by atoms with van der Waals surface area (Å²) in [5.74, 6) is 0.803. The van der Waals surface area contributed by atoms with Gasteiger partial charge in [0, 0.05) is 13.1 Å². The van der Waals surface area contributed by atoms with Crippen molar-refractivity contribution < 1.29 is 0 Å². The van der Waals surface area contributed by atoms with E-state index in [0.29, 0.717) is 0 Å². The minimum atomic E-state index is 0.803. The van der Waals surface area contributed by atoms with Crippen molar-refractivity contribution in [2.24, 2.45) is 5.92 Å². The van der Waals surface area contributed by atoms with E-state index in [2.05, 4.69) is 34.5 Å². The van der Waals surface area contributed by atoms with Crippen LogP contribution >= 0.6 is 22.5 Å². The first-order chi connectivity index (χ1) is 7.29. The van der Waals surface area contributed by atoms with Crippen molar-refractivity contribution in [1.29, 1.82) is 0 Å². The van der Waals surface area contributed by atoms with Crippen LogP contribution in [0.2, 0.25) is 0 Å². The summed E-state index contributed by atoms with van der Waals surface area (Å²) in [7, 11) is 1.39. The number of hydrogen-bond donors (Lipinski definition) is 1. The van der Waals surface area contributed by atoms with Crippen LogP contribution in [0.1, 0.15) is 19.8 Å². The summed E-state index contributed by atoms with van der Waals surface area (Å²) < 4.78 is 0. The highest BCUT2D eigenvalue weighted by atomic mass is 33.1. The fourth-order valence-electron chi connectivity index (χ4n) is 2.04. The van der Waals surface area contributed by atoms with Crippen molar-refractivity contribution in [1.82, 2.24) is 4.98 Å². The Kier molecular flexibility index (Phi) is 3.81. The molecular formula is C11H16N2S2. The predicted octanol–water partition coefficient (Wildman–Crippen LogP) is 3.25. The molecule has 0 bridgehead atoms. The van der Waals surface area contributed by atoms with Crippen molar-refractivity contribution in [3.05, 3.63) is 18.3 Å². The lowest BCUT2D eigenvalue weighted by Gasteiger charge is -2.32. The molecule has 0 N–H and O–H groups in total. The van der Waals surface area contributed by atoms with Gasteiger partial charge in [0.2, 0.25) is 0 Å². The van der Waals surface area contributed by atoms with Crippen LogP contribution in [-0.4, -0.2) is 18.1 Å². The third-order valence-corrected chi connectivity index (χ3v) is 3.83. The van der Waals surface area contributed by atoms with Crippen LogP contribution in [0.3, 0.4) is 0 Å². The molecule has 1 fully saturated rings. The second-order valence-corrected chi connectivity index (χ2v) is 5.29. The number of nitrogens with zero attached hydrogens (tertiary/aromatic N) is 2. The van der Waals surface area contributed by atoms with Crippen LogP contribution < -0.4 is 4.90 Å². The minimum Gasteiger partial charge on any atom is -0.370 e. The number of piperidine rings is 1. The number of anilines is 1. The standard InChI is InChI=1S/C11H16N2S2/c1-9-3-2-6-13(8-9)10-4-5-11(15-14)12-7-10/h4-5,7,9,14H,2-3,6,8H2,1H3. The quantitative estimate of drug-likeness (QED) is 0.631. The smallest absolute Gasteiger partial charge is 0.106 e. The summed E-state index contributed by atoms with van der Waals surface area (Å²) in [5.41, 5.74) is 1.24. The molecule has 1 aromatic rings. The lowest BCUT2D eigenvalue weighted by molar-refractivity contribution is 0.446. The molecule has 0 spiro atoms. The van der Waals surface area contributed by atoms with Gasteiger partial charge < -0.3 is 4.90 Å². The lowest BCUT2D eigenvalue weighted by atomic mass is 10.00. The highest BCUT2D eigenvalue weighted by Gasteiger charge is 2.16. The molecule has 0 saturated carbocycles. The van der Waals surface area contributed by atoms with Gasteiger partial charge in [-0.15, -0.1) is 11.7 Å². The Morgan fingerprint density at radius 1 is 1.53 bits per heavy atom. The third-order valence-electron chi connectivity index (χ3n) is 2.84. The second-order valence-electron chi connectivity index (χ2n) is 4.14. The molecule has 4 heteroatoms. The molecule has 2 heterocycles. The minimum absolute atomic E-state index is 0.803. The molecule has 82 valence electrons. The maximum atomic E-state index is 4.34. The molecule has 1 aliphatic heterocycles. The Morgan fingerprint density at radius 3 is 3.00 bits per heavy atom. The highest BCUT2D eigenvalue weighted by molar-refractivity contribution is 8.68. The maximum Gasteiger partial charge on any atom is 0.106 e. The summed E-state index contributed by atoms with van der Waals surface area (Å²) in [6, 6.07) is 4.18. The molecule has 1 unspecified atom stereocenters. The molecule has 0 aromatic carbocycles. The Labute approximate surface area is 100 Å². The first-order valence-corrected chi connectivity index (χ1v) is 7.19. The summed E-state index contributed by atoms with van der Waals surface area (Å²) in [6.07, 6.45) is 4.61. The first kappa shape index (κ1) is 11.1. The zero-order valence-electron chi connectivity index (χ0n) is 8.89. The number of aromatic nitrogens is 1. The third kappa shape index (κ3) is 2.82. The number of rotatable bonds is 2. The van der Waals surface area contributed by atoms with E-state index in [-0.39, 0.29) is 0 Å². The average molecular weight is 240 g/mol. The van der Waals surface area contributed by atoms with Gasteiger partial charge in [-0.3, -0.25) is 0 Å².